The van der Waals surface area contributed by atoms with Crippen LogP contribution in [0.5, 0.6) is 0 Å². The number of thiocarbonyl (C=S) groups is 1. The highest BCUT2D eigenvalue weighted by molar-refractivity contribution is 14.1. The van der Waals surface area contributed by atoms with Gasteiger partial charge in [0, 0.05) is 41.9 Å². The minimum atomic E-state index is -0.386. The van der Waals surface area contributed by atoms with E-state index in [2.05, 4.69) is 38.1 Å². The summed E-state index contributed by atoms with van der Waals surface area (Å²) in [5.74, 6) is -0.212. The molecule has 2 amide bonds. The van der Waals surface area contributed by atoms with Crippen molar-refractivity contribution in [2.75, 3.05) is 36.4 Å². The topological polar surface area (TPSA) is 64.7 Å². The fraction of sp³-hybridized carbons (Fsp3) is 0.286. The van der Waals surface area contributed by atoms with Crippen molar-refractivity contribution in [1.29, 1.82) is 0 Å². The molecule has 1 aliphatic heterocycles. The number of benzene rings is 2. The summed E-state index contributed by atoms with van der Waals surface area (Å²) in [6.45, 7) is 4.69. The Hall–Kier alpha value is -1.62. The van der Waals surface area contributed by atoms with E-state index in [1.54, 1.807) is 18.2 Å². The van der Waals surface area contributed by atoms with Crippen molar-refractivity contribution in [2.45, 2.75) is 13.3 Å². The number of carbonyl (C=O) groups is 2. The van der Waals surface area contributed by atoms with E-state index in [0.29, 0.717) is 40.8 Å². The van der Waals surface area contributed by atoms with E-state index >= 15 is 0 Å². The monoisotopic (exact) mass is 590 g/mol. The van der Waals surface area contributed by atoms with Gasteiger partial charge in [-0.05, 0) is 71.2 Å². The first-order valence-corrected chi connectivity index (χ1v) is 11.9. The van der Waals surface area contributed by atoms with Gasteiger partial charge in [-0.25, -0.2) is 0 Å². The van der Waals surface area contributed by atoms with Crippen molar-refractivity contribution in [3.8, 4) is 0 Å². The van der Waals surface area contributed by atoms with Gasteiger partial charge in [-0.15, -0.1) is 0 Å². The fourth-order valence-corrected chi connectivity index (χ4v) is 4.47. The highest BCUT2D eigenvalue weighted by Crippen LogP contribution is 2.30. The Labute approximate surface area is 210 Å². The van der Waals surface area contributed by atoms with Crippen LogP contribution in [0.2, 0.25) is 10.0 Å². The maximum atomic E-state index is 12.5. The van der Waals surface area contributed by atoms with Gasteiger partial charge in [-0.3, -0.25) is 14.9 Å². The summed E-state index contributed by atoms with van der Waals surface area (Å²) in [5, 5.41) is 6.68. The van der Waals surface area contributed by atoms with Gasteiger partial charge in [0.1, 0.15) is 0 Å². The minimum Gasteiger partial charge on any atom is -0.367 e. The molecule has 1 fully saturated rings. The smallest absolute Gasteiger partial charge is 0.258 e. The van der Waals surface area contributed by atoms with Crippen LogP contribution in [0, 0.1) is 3.57 Å². The molecule has 1 aliphatic rings. The molecule has 2 aromatic carbocycles. The lowest BCUT2D eigenvalue weighted by Crippen LogP contribution is -2.48. The van der Waals surface area contributed by atoms with Crippen LogP contribution in [0.4, 0.5) is 11.4 Å². The van der Waals surface area contributed by atoms with E-state index in [1.807, 2.05) is 30.0 Å². The Kier molecular flexibility index (Phi) is 8.37. The van der Waals surface area contributed by atoms with E-state index in [9.17, 15) is 9.59 Å². The Balaban J connectivity index is 1.60. The third kappa shape index (κ3) is 6.21. The van der Waals surface area contributed by atoms with Crippen LogP contribution in [-0.4, -0.2) is 48.0 Å². The lowest BCUT2D eigenvalue weighted by molar-refractivity contribution is -0.131. The lowest BCUT2D eigenvalue weighted by atomic mass is 10.2. The van der Waals surface area contributed by atoms with Gasteiger partial charge in [-0.2, -0.15) is 0 Å². The average molecular weight is 591 g/mol. The zero-order valence-electron chi connectivity index (χ0n) is 16.8. The molecule has 0 saturated carbocycles. The first-order chi connectivity index (χ1) is 14.8. The molecular weight excluding hydrogens is 570 g/mol. The van der Waals surface area contributed by atoms with Crippen LogP contribution in [0.25, 0.3) is 0 Å². The third-order valence-corrected chi connectivity index (χ3v) is 6.39. The summed E-state index contributed by atoms with van der Waals surface area (Å²) in [5.41, 5.74) is 1.91. The molecule has 0 aliphatic carbocycles. The molecule has 0 spiro atoms. The number of amides is 2. The van der Waals surface area contributed by atoms with Crippen LogP contribution in [0.3, 0.4) is 0 Å². The lowest BCUT2D eigenvalue weighted by Gasteiger charge is -2.36. The number of hydrogen-bond donors (Lipinski definition) is 2. The predicted molar refractivity (Wildman–Crippen MR) is 138 cm³/mol. The molecule has 0 atom stereocenters. The van der Waals surface area contributed by atoms with Crippen LogP contribution < -0.4 is 15.5 Å². The second-order valence-corrected chi connectivity index (χ2v) is 9.39. The zero-order chi connectivity index (χ0) is 22.5. The first kappa shape index (κ1) is 24.0. The molecule has 2 N–H and O–H groups in total. The summed E-state index contributed by atoms with van der Waals surface area (Å²) in [6, 6.07) is 10.7. The first-order valence-electron chi connectivity index (χ1n) is 9.68. The molecule has 0 unspecified atom stereocenters. The summed E-state index contributed by atoms with van der Waals surface area (Å²) >= 11 is 20.0. The van der Waals surface area contributed by atoms with Gasteiger partial charge in [0.2, 0.25) is 5.91 Å². The normalized spacial score (nSPS) is 13.7. The maximum absolute atomic E-state index is 12.5. The number of halogens is 3. The Bertz CT molecular complexity index is 1010. The third-order valence-electron chi connectivity index (χ3n) is 4.88. The van der Waals surface area contributed by atoms with Crippen LogP contribution in [0.15, 0.2) is 36.4 Å². The Morgan fingerprint density at radius 1 is 1.06 bits per heavy atom. The standard InChI is InChI=1S/C21H21Cl2IN4O2S/c1-2-19(29)28-9-7-27(8-10-28)18-6-4-14(12-17(18)23)25-21(31)26-20(30)15-11-13(24)3-5-16(15)22/h3-6,11-12H,2,7-10H2,1H3,(H2,25,26,30,31). The van der Waals surface area contributed by atoms with Gasteiger partial charge < -0.3 is 15.1 Å². The molecule has 2 aromatic rings. The van der Waals surface area contributed by atoms with Crippen LogP contribution in [-0.2, 0) is 4.79 Å². The number of nitrogens with one attached hydrogen (secondary N) is 2. The summed E-state index contributed by atoms with van der Waals surface area (Å²) < 4.78 is 0.897. The van der Waals surface area contributed by atoms with Crippen molar-refractivity contribution < 1.29 is 9.59 Å². The summed E-state index contributed by atoms with van der Waals surface area (Å²) in [7, 11) is 0. The van der Waals surface area contributed by atoms with Gasteiger partial charge >= 0.3 is 0 Å². The van der Waals surface area contributed by atoms with Gasteiger partial charge in [-0.1, -0.05) is 30.1 Å². The van der Waals surface area contributed by atoms with E-state index in [1.165, 1.54) is 0 Å². The van der Waals surface area contributed by atoms with E-state index < -0.39 is 0 Å². The number of piperazine rings is 1. The fourth-order valence-electron chi connectivity index (χ4n) is 3.27. The number of anilines is 2. The molecule has 1 heterocycles. The number of carbonyl (C=O) groups excluding carboxylic acids is 2. The largest absolute Gasteiger partial charge is 0.367 e. The van der Waals surface area contributed by atoms with E-state index in [-0.39, 0.29) is 16.9 Å². The number of rotatable bonds is 4. The number of nitrogens with zero attached hydrogens (tertiary/aromatic N) is 2. The average Bonchev–Trinajstić information content (AvgIpc) is 2.75. The Morgan fingerprint density at radius 3 is 2.42 bits per heavy atom. The van der Waals surface area contributed by atoms with Crippen molar-refractivity contribution >= 4 is 86.3 Å². The minimum absolute atomic E-state index is 0.149. The molecule has 3 rings (SSSR count). The van der Waals surface area contributed by atoms with E-state index in [0.717, 1.165) is 22.3 Å². The van der Waals surface area contributed by atoms with Gasteiger partial charge in [0.25, 0.3) is 5.91 Å². The highest BCUT2D eigenvalue weighted by Gasteiger charge is 2.21. The molecule has 10 heteroatoms. The molecule has 31 heavy (non-hydrogen) atoms. The molecular formula is C21H21Cl2IN4O2S. The van der Waals surface area contributed by atoms with Gasteiger partial charge in [0.05, 0.1) is 21.3 Å². The second kappa shape index (κ2) is 10.8. The molecule has 0 radical (unpaired) electrons. The van der Waals surface area contributed by atoms with Crippen molar-refractivity contribution in [3.63, 3.8) is 0 Å². The Morgan fingerprint density at radius 2 is 1.77 bits per heavy atom. The summed E-state index contributed by atoms with van der Waals surface area (Å²) in [6.07, 6.45) is 0.521. The van der Waals surface area contributed by atoms with E-state index in [4.69, 9.17) is 35.4 Å². The summed E-state index contributed by atoms with van der Waals surface area (Å²) in [4.78, 5) is 28.3. The quantitative estimate of drug-likeness (QED) is 0.396. The van der Waals surface area contributed by atoms with Crippen molar-refractivity contribution in [3.05, 3.63) is 55.6 Å². The maximum Gasteiger partial charge on any atom is 0.258 e. The van der Waals surface area contributed by atoms with Crippen molar-refractivity contribution in [2.24, 2.45) is 0 Å². The second-order valence-electron chi connectivity index (χ2n) is 6.92. The highest BCUT2D eigenvalue weighted by atomic mass is 127. The molecule has 0 aromatic heterocycles. The molecule has 1 saturated heterocycles. The SMILES string of the molecule is CCC(=O)N1CCN(c2ccc(NC(=S)NC(=O)c3cc(I)ccc3Cl)cc2Cl)CC1. The molecule has 0 bridgehead atoms. The van der Waals surface area contributed by atoms with Crippen LogP contribution in [0.1, 0.15) is 23.7 Å². The molecule has 164 valence electrons. The van der Waals surface area contributed by atoms with Crippen molar-refractivity contribution in [1.82, 2.24) is 10.2 Å². The predicted octanol–water partition coefficient (Wildman–Crippen LogP) is 4.78. The number of hydrogen-bond acceptors (Lipinski definition) is 4. The van der Waals surface area contributed by atoms with Crippen LogP contribution >= 0.6 is 58.0 Å². The van der Waals surface area contributed by atoms with Gasteiger partial charge in [0.15, 0.2) is 5.11 Å². The molecule has 6 nitrogen and oxygen atoms in total. The zero-order valence-corrected chi connectivity index (χ0v) is 21.2.